The minimum atomic E-state index is -1.38. The Bertz CT molecular complexity index is 1260. The lowest BCUT2D eigenvalue weighted by Crippen LogP contribution is -2.59. The lowest BCUT2D eigenvalue weighted by Gasteiger charge is -2.41. The van der Waals surface area contributed by atoms with Gasteiger partial charge in [0.2, 0.25) is 11.8 Å². The molecular formula is C34H45N3O7. The molecule has 2 amide bonds. The summed E-state index contributed by atoms with van der Waals surface area (Å²) >= 11 is 0. The van der Waals surface area contributed by atoms with Crippen LogP contribution in [0.4, 0.5) is 0 Å². The summed E-state index contributed by atoms with van der Waals surface area (Å²) in [7, 11) is 0. The number of aliphatic hydroxyl groups excluding tert-OH is 1. The van der Waals surface area contributed by atoms with Crippen molar-refractivity contribution < 1.29 is 33.7 Å². The Balaban J connectivity index is 1.42. The van der Waals surface area contributed by atoms with Gasteiger partial charge in [-0.05, 0) is 37.7 Å². The molecule has 3 fully saturated rings. The molecule has 44 heavy (non-hydrogen) atoms. The van der Waals surface area contributed by atoms with E-state index in [1.165, 1.54) is 0 Å². The van der Waals surface area contributed by atoms with Crippen LogP contribution in [-0.2, 0) is 35.0 Å². The SMILES string of the molecule is CC[C@@]12/C=C\CCCCOC(=O)[C@@H]1[C@H]1C(=O)N([C@@H](CO)Cc3ccccc3)C3C(=O)N(CCN4CCOCC4)CC=C[C@@]31O2. The molecule has 6 rings (SSSR count). The third kappa shape index (κ3) is 5.50. The minimum Gasteiger partial charge on any atom is -0.465 e. The maximum Gasteiger partial charge on any atom is 0.313 e. The normalized spacial score (nSPS) is 34.1. The van der Waals surface area contributed by atoms with Crippen molar-refractivity contribution in [2.75, 3.05) is 59.2 Å². The molecule has 0 aromatic heterocycles. The average Bonchev–Trinajstić information content (AvgIpc) is 3.41. The molecule has 0 bridgehead atoms. The summed E-state index contributed by atoms with van der Waals surface area (Å²) in [6.07, 6.45) is 11.0. The molecule has 5 aliphatic heterocycles. The Kier molecular flexibility index (Phi) is 9.23. The summed E-state index contributed by atoms with van der Waals surface area (Å²) in [5.41, 5.74) is -1.54. The molecule has 6 atom stereocenters. The van der Waals surface area contributed by atoms with Crippen LogP contribution in [0.3, 0.4) is 0 Å². The van der Waals surface area contributed by atoms with Gasteiger partial charge in [-0.2, -0.15) is 0 Å². The summed E-state index contributed by atoms with van der Waals surface area (Å²) in [4.78, 5) is 49.0. The van der Waals surface area contributed by atoms with Crippen LogP contribution in [0.1, 0.15) is 38.2 Å². The van der Waals surface area contributed by atoms with Crippen molar-refractivity contribution in [1.82, 2.24) is 14.7 Å². The second-order valence-corrected chi connectivity index (χ2v) is 12.6. The van der Waals surface area contributed by atoms with E-state index in [2.05, 4.69) is 4.90 Å². The predicted octanol–water partition coefficient (Wildman–Crippen LogP) is 1.96. The van der Waals surface area contributed by atoms with Crippen LogP contribution >= 0.6 is 0 Å². The summed E-state index contributed by atoms with van der Waals surface area (Å²) < 4.78 is 18.3. The number of likely N-dealkylation sites (tertiary alicyclic amines) is 1. The molecule has 10 heteroatoms. The standard InChI is InChI=1S/C34H45N3O7/c1-2-33-13-8-3-4-9-20-43-32(41)28(33)27-30(39)37(26(24-38)23-25-11-6-5-7-12-25)29-31(40)36(15-10-14-34(27,29)44-33)17-16-35-18-21-42-22-19-35/h5-8,10-14,26-29,38H,2-4,9,15-24H2,1H3/b13-8-/t26-,27+,28+,29?,33-,34+/m1/s1. The molecule has 1 aromatic rings. The molecule has 1 N–H and O–H groups in total. The number of benzene rings is 1. The third-order valence-corrected chi connectivity index (χ3v) is 10.1. The zero-order valence-electron chi connectivity index (χ0n) is 25.6. The van der Waals surface area contributed by atoms with Crippen molar-refractivity contribution in [3.63, 3.8) is 0 Å². The van der Waals surface area contributed by atoms with Gasteiger partial charge in [0.25, 0.3) is 0 Å². The number of carbonyl (C=O) groups is 3. The number of cyclic esters (lactones) is 1. The number of amides is 2. The molecule has 1 aromatic carbocycles. The van der Waals surface area contributed by atoms with E-state index >= 15 is 0 Å². The maximum atomic E-state index is 14.8. The number of aliphatic hydroxyl groups is 1. The van der Waals surface area contributed by atoms with Crippen molar-refractivity contribution in [3.05, 3.63) is 60.2 Å². The lowest BCUT2D eigenvalue weighted by molar-refractivity contribution is -0.163. The highest BCUT2D eigenvalue weighted by atomic mass is 16.6. The zero-order chi connectivity index (χ0) is 30.7. The Labute approximate surface area is 259 Å². The van der Waals surface area contributed by atoms with Gasteiger partial charge in [0.1, 0.15) is 23.2 Å². The summed E-state index contributed by atoms with van der Waals surface area (Å²) in [6, 6.07) is 7.93. The molecule has 5 heterocycles. The van der Waals surface area contributed by atoms with Crippen LogP contribution in [-0.4, -0.2) is 120 Å². The van der Waals surface area contributed by atoms with Crippen molar-refractivity contribution >= 4 is 17.8 Å². The smallest absolute Gasteiger partial charge is 0.313 e. The first kappa shape index (κ1) is 31.0. The van der Waals surface area contributed by atoms with E-state index < -0.39 is 41.1 Å². The molecule has 3 saturated heterocycles. The molecule has 0 radical (unpaired) electrons. The van der Waals surface area contributed by atoms with Crippen LogP contribution in [0, 0.1) is 11.8 Å². The van der Waals surface area contributed by atoms with Gasteiger partial charge in [0, 0.05) is 32.7 Å². The van der Waals surface area contributed by atoms with Gasteiger partial charge in [-0.15, -0.1) is 0 Å². The molecular weight excluding hydrogens is 562 g/mol. The second-order valence-electron chi connectivity index (χ2n) is 12.6. The number of fused-ring (bicyclic) bond motifs is 2. The fourth-order valence-corrected chi connectivity index (χ4v) is 7.84. The molecule has 1 spiro atoms. The Morgan fingerprint density at radius 1 is 0.955 bits per heavy atom. The summed E-state index contributed by atoms with van der Waals surface area (Å²) in [6.45, 7) is 6.37. The van der Waals surface area contributed by atoms with Gasteiger partial charge in [0.05, 0.1) is 38.4 Å². The largest absolute Gasteiger partial charge is 0.465 e. The van der Waals surface area contributed by atoms with E-state index in [1.807, 2.05) is 61.6 Å². The van der Waals surface area contributed by atoms with Crippen LogP contribution in [0.25, 0.3) is 0 Å². The van der Waals surface area contributed by atoms with Crippen LogP contribution in [0.2, 0.25) is 0 Å². The van der Waals surface area contributed by atoms with E-state index in [0.29, 0.717) is 45.7 Å². The van der Waals surface area contributed by atoms with Crippen molar-refractivity contribution in [2.24, 2.45) is 11.8 Å². The number of morpholine rings is 1. The number of rotatable bonds is 8. The summed E-state index contributed by atoms with van der Waals surface area (Å²) in [5, 5.41) is 10.7. The van der Waals surface area contributed by atoms with Gasteiger partial charge >= 0.3 is 5.97 Å². The van der Waals surface area contributed by atoms with E-state index in [9.17, 15) is 19.5 Å². The highest BCUT2D eigenvalue weighted by Crippen LogP contribution is 2.58. The molecule has 10 nitrogen and oxygen atoms in total. The first-order chi connectivity index (χ1) is 21.4. The number of esters is 1. The zero-order valence-corrected chi connectivity index (χ0v) is 25.6. The van der Waals surface area contributed by atoms with Crippen LogP contribution in [0.15, 0.2) is 54.6 Å². The van der Waals surface area contributed by atoms with Crippen molar-refractivity contribution in [3.8, 4) is 0 Å². The number of hydrogen-bond acceptors (Lipinski definition) is 8. The van der Waals surface area contributed by atoms with Gasteiger partial charge in [-0.1, -0.05) is 61.6 Å². The average molecular weight is 608 g/mol. The van der Waals surface area contributed by atoms with Gasteiger partial charge in [0.15, 0.2) is 0 Å². The third-order valence-electron chi connectivity index (χ3n) is 10.1. The molecule has 238 valence electrons. The van der Waals surface area contributed by atoms with Gasteiger partial charge < -0.3 is 29.1 Å². The van der Waals surface area contributed by atoms with Crippen molar-refractivity contribution in [1.29, 1.82) is 0 Å². The fourth-order valence-electron chi connectivity index (χ4n) is 7.84. The monoisotopic (exact) mass is 607 g/mol. The number of carbonyl (C=O) groups excluding carboxylic acids is 3. The number of hydrogen-bond donors (Lipinski definition) is 1. The van der Waals surface area contributed by atoms with E-state index in [4.69, 9.17) is 14.2 Å². The fraction of sp³-hybridized carbons (Fsp3) is 0.618. The maximum absolute atomic E-state index is 14.8. The highest BCUT2D eigenvalue weighted by molar-refractivity contribution is 5.99. The van der Waals surface area contributed by atoms with E-state index in [-0.39, 0.29) is 25.0 Å². The van der Waals surface area contributed by atoms with E-state index in [1.54, 1.807) is 9.80 Å². The second kappa shape index (κ2) is 13.1. The highest BCUT2D eigenvalue weighted by Gasteiger charge is 2.75. The van der Waals surface area contributed by atoms with E-state index in [0.717, 1.165) is 37.9 Å². The first-order valence-electron chi connectivity index (χ1n) is 16.2. The Morgan fingerprint density at radius 3 is 2.50 bits per heavy atom. The minimum absolute atomic E-state index is 0.224. The molecule has 5 aliphatic rings. The van der Waals surface area contributed by atoms with Crippen LogP contribution < -0.4 is 0 Å². The van der Waals surface area contributed by atoms with Crippen LogP contribution in [0.5, 0.6) is 0 Å². The van der Waals surface area contributed by atoms with Crippen molar-refractivity contribution in [2.45, 2.75) is 62.3 Å². The molecule has 0 aliphatic carbocycles. The number of allylic oxidation sites excluding steroid dienone is 1. The molecule has 1 unspecified atom stereocenters. The quantitative estimate of drug-likeness (QED) is 0.353. The summed E-state index contributed by atoms with van der Waals surface area (Å²) in [5.74, 6) is -2.92. The topological polar surface area (TPSA) is 109 Å². The molecule has 0 saturated carbocycles. The number of nitrogens with zero attached hydrogens (tertiary/aromatic N) is 3. The number of ether oxygens (including phenoxy) is 3. The van der Waals surface area contributed by atoms with Gasteiger partial charge in [-0.3, -0.25) is 19.3 Å². The lowest BCUT2D eigenvalue weighted by atomic mass is 9.73. The Hall–Kier alpha value is -3.05. The first-order valence-corrected chi connectivity index (χ1v) is 16.2. The van der Waals surface area contributed by atoms with Gasteiger partial charge in [-0.25, -0.2) is 0 Å². The Morgan fingerprint density at radius 2 is 1.75 bits per heavy atom. The predicted molar refractivity (Wildman–Crippen MR) is 162 cm³/mol.